The van der Waals surface area contributed by atoms with Gasteiger partial charge in [-0.05, 0) is 89.5 Å². The van der Waals surface area contributed by atoms with Gasteiger partial charge in [-0.15, -0.1) is 0 Å². The molecule has 2 fully saturated rings. The minimum Gasteiger partial charge on any atom is -0.493 e. The van der Waals surface area contributed by atoms with Gasteiger partial charge >= 0.3 is 6.09 Å². The van der Waals surface area contributed by atoms with E-state index in [0.717, 1.165) is 74.7 Å². The number of aromatic nitrogens is 2. The van der Waals surface area contributed by atoms with E-state index in [9.17, 15) is 14.4 Å². The van der Waals surface area contributed by atoms with E-state index in [1.807, 2.05) is 61.3 Å². The quantitative estimate of drug-likeness (QED) is 0.237. The highest BCUT2D eigenvalue weighted by atomic mass is 16.6. The van der Waals surface area contributed by atoms with Crippen molar-refractivity contribution in [2.75, 3.05) is 19.0 Å². The smallest absolute Gasteiger partial charge is 0.414 e. The van der Waals surface area contributed by atoms with Crippen molar-refractivity contribution < 1.29 is 19.1 Å². The Bertz CT molecular complexity index is 1600. The third kappa shape index (κ3) is 8.54. The van der Waals surface area contributed by atoms with Gasteiger partial charge in [-0.3, -0.25) is 19.5 Å². The monoisotopic (exact) mass is 644 g/mol. The van der Waals surface area contributed by atoms with Gasteiger partial charge < -0.3 is 14.4 Å². The van der Waals surface area contributed by atoms with Crippen LogP contribution in [-0.2, 0) is 9.53 Å². The fourth-order valence-corrected chi connectivity index (χ4v) is 7.36. The van der Waals surface area contributed by atoms with Crippen molar-refractivity contribution in [2.45, 2.75) is 122 Å². The molecule has 0 aliphatic heterocycles. The van der Waals surface area contributed by atoms with E-state index in [-0.39, 0.29) is 35.4 Å². The van der Waals surface area contributed by atoms with Gasteiger partial charge in [0.25, 0.3) is 5.56 Å². The Labute approximate surface area is 279 Å². The first-order chi connectivity index (χ1) is 22.6. The molecule has 5 rings (SSSR count). The van der Waals surface area contributed by atoms with Crippen molar-refractivity contribution in [2.24, 2.45) is 5.92 Å². The summed E-state index contributed by atoms with van der Waals surface area (Å²) < 4.78 is 13.2. The number of fused-ring (bicyclic) bond motifs is 1. The molecule has 0 saturated heterocycles. The Balaban J connectivity index is 1.58. The van der Waals surface area contributed by atoms with E-state index in [1.165, 1.54) is 6.42 Å². The van der Waals surface area contributed by atoms with Gasteiger partial charge in [-0.2, -0.15) is 0 Å². The van der Waals surface area contributed by atoms with Crippen LogP contribution in [0.3, 0.4) is 0 Å². The molecule has 2 aliphatic carbocycles. The van der Waals surface area contributed by atoms with Crippen LogP contribution >= 0.6 is 0 Å². The number of nitrogens with one attached hydrogen (secondary N) is 1. The average Bonchev–Trinajstić information content (AvgIpc) is 3.06. The molecule has 1 heterocycles. The number of amides is 2. The number of benzene rings is 2. The van der Waals surface area contributed by atoms with Gasteiger partial charge in [-0.1, -0.05) is 62.8 Å². The molecule has 0 radical (unpaired) electrons. The van der Waals surface area contributed by atoms with Crippen LogP contribution in [0.1, 0.15) is 111 Å². The third-order valence-corrected chi connectivity index (χ3v) is 9.71. The Morgan fingerprint density at radius 2 is 1.68 bits per heavy atom. The molecule has 1 N–H and O–H groups in total. The van der Waals surface area contributed by atoms with Crippen molar-refractivity contribution in [3.63, 3.8) is 0 Å². The minimum atomic E-state index is -0.728. The lowest BCUT2D eigenvalue weighted by atomic mass is 9.81. The van der Waals surface area contributed by atoms with Crippen LogP contribution in [0, 0.1) is 5.92 Å². The van der Waals surface area contributed by atoms with Gasteiger partial charge in [-0.25, -0.2) is 9.78 Å². The van der Waals surface area contributed by atoms with Crippen molar-refractivity contribution in [3.05, 3.63) is 52.8 Å². The van der Waals surface area contributed by atoms with E-state index in [4.69, 9.17) is 14.5 Å². The second-order valence-corrected chi connectivity index (χ2v) is 14.2. The molecule has 2 amide bonds. The summed E-state index contributed by atoms with van der Waals surface area (Å²) in [6.45, 7) is 7.87. The van der Waals surface area contributed by atoms with Crippen LogP contribution in [0.2, 0.25) is 0 Å². The molecule has 47 heavy (non-hydrogen) atoms. The highest BCUT2D eigenvalue weighted by Crippen LogP contribution is 2.38. The van der Waals surface area contributed by atoms with Crippen LogP contribution in [0.25, 0.3) is 22.0 Å². The van der Waals surface area contributed by atoms with Crippen LogP contribution in [0.5, 0.6) is 5.75 Å². The second kappa shape index (κ2) is 15.3. The van der Waals surface area contributed by atoms with Gasteiger partial charge in [0.1, 0.15) is 11.4 Å². The summed E-state index contributed by atoms with van der Waals surface area (Å²) in [6.07, 6.45) is 11.0. The SMILES string of the molecule is CCOc1ccccc1-c1ccc2nc(NC(=O)OC(C)(C)C)n(C(CCC(=O)N(C)C3CCCCC3)C3CCCCC3)c(=O)c2c1. The zero-order valence-corrected chi connectivity index (χ0v) is 28.8. The van der Waals surface area contributed by atoms with Crippen LogP contribution in [0.15, 0.2) is 47.3 Å². The van der Waals surface area contributed by atoms with Crippen molar-refractivity contribution >= 4 is 28.9 Å². The first kappa shape index (κ1) is 34.5. The molecule has 1 atom stereocenters. The number of carbonyl (C=O) groups is 2. The topological polar surface area (TPSA) is 103 Å². The minimum absolute atomic E-state index is 0.107. The summed E-state index contributed by atoms with van der Waals surface area (Å²) in [4.78, 5) is 48.2. The summed E-state index contributed by atoms with van der Waals surface area (Å²) in [5.41, 5.74) is 1.25. The summed E-state index contributed by atoms with van der Waals surface area (Å²) in [6, 6.07) is 13.4. The van der Waals surface area contributed by atoms with Crippen LogP contribution < -0.4 is 15.6 Å². The van der Waals surface area contributed by atoms with Crippen molar-refractivity contribution in [3.8, 4) is 16.9 Å². The summed E-state index contributed by atoms with van der Waals surface area (Å²) in [7, 11) is 1.93. The zero-order chi connectivity index (χ0) is 33.6. The second-order valence-electron chi connectivity index (χ2n) is 14.2. The van der Waals surface area contributed by atoms with Gasteiger partial charge in [0.05, 0.1) is 17.5 Å². The summed E-state index contributed by atoms with van der Waals surface area (Å²) in [5, 5.41) is 3.28. The number of ether oxygens (including phenoxy) is 2. The van der Waals surface area contributed by atoms with Gasteiger partial charge in [0.2, 0.25) is 11.9 Å². The van der Waals surface area contributed by atoms with Crippen LogP contribution in [0.4, 0.5) is 10.7 Å². The fourth-order valence-electron chi connectivity index (χ4n) is 7.36. The Morgan fingerprint density at radius 1 is 1.00 bits per heavy atom. The van der Waals surface area contributed by atoms with Gasteiger partial charge in [0.15, 0.2) is 0 Å². The maximum absolute atomic E-state index is 14.7. The molecule has 2 aliphatic rings. The maximum Gasteiger partial charge on any atom is 0.414 e. The standard InChI is InChI=1S/C38H52N4O5/c1-6-46-33-20-14-13-19-29(33)27-21-22-31-30(25-27)35(44)42(36(39-31)40-37(45)47-38(2,3)4)32(26-15-9-7-10-16-26)23-24-34(43)41(5)28-17-11-8-12-18-28/h13-14,19-22,25-26,28,32H,6-12,15-18,23-24H2,1-5H3,(H,39,40,45). The number of nitrogens with zero attached hydrogens (tertiary/aromatic N) is 3. The molecular weight excluding hydrogens is 592 g/mol. The largest absolute Gasteiger partial charge is 0.493 e. The zero-order valence-electron chi connectivity index (χ0n) is 28.8. The lowest BCUT2D eigenvalue weighted by molar-refractivity contribution is -0.133. The first-order valence-electron chi connectivity index (χ1n) is 17.6. The van der Waals surface area contributed by atoms with Gasteiger partial charge in [0, 0.05) is 31.1 Å². The third-order valence-electron chi connectivity index (χ3n) is 9.71. The van der Waals surface area contributed by atoms with E-state index < -0.39 is 11.7 Å². The molecule has 1 unspecified atom stereocenters. The average molecular weight is 645 g/mol. The predicted octanol–water partition coefficient (Wildman–Crippen LogP) is 8.50. The van der Waals surface area contributed by atoms with Crippen molar-refractivity contribution in [1.82, 2.24) is 14.5 Å². The summed E-state index contributed by atoms with van der Waals surface area (Å²) >= 11 is 0. The highest BCUT2D eigenvalue weighted by molar-refractivity contribution is 5.88. The fraction of sp³-hybridized carbons (Fsp3) is 0.579. The highest BCUT2D eigenvalue weighted by Gasteiger charge is 2.32. The molecule has 0 spiro atoms. The molecule has 2 aromatic carbocycles. The lowest BCUT2D eigenvalue weighted by Crippen LogP contribution is -2.39. The van der Waals surface area contributed by atoms with E-state index in [0.29, 0.717) is 30.4 Å². The number of hydrogen-bond acceptors (Lipinski definition) is 6. The first-order valence-corrected chi connectivity index (χ1v) is 17.6. The Kier molecular flexibility index (Phi) is 11.3. The lowest BCUT2D eigenvalue weighted by Gasteiger charge is -2.34. The molecule has 3 aromatic rings. The Hall–Kier alpha value is -3.88. The molecular formula is C38H52N4O5. The van der Waals surface area contributed by atoms with E-state index >= 15 is 0 Å². The number of hydrogen-bond donors (Lipinski definition) is 1. The number of carbonyl (C=O) groups excluding carboxylic acids is 2. The molecule has 0 bridgehead atoms. The molecule has 9 nitrogen and oxygen atoms in total. The maximum atomic E-state index is 14.7. The molecule has 9 heteroatoms. The van der Waals surface area contributed by atoms with Crippen LogP contribution in [-0.4, -0.2) is 51.7 Å². The van der Waals surface area contributed by atoms with E-state index in [1.54, 1.807) is 25.3 Å². The number of para-hydroxylation sites is 1. The van der Waals surface area contributed by atoms with Crippen molar-refractivity contribution in [1.29, 1.82) is 0 Å². The molecule has 1 aromatic heterocycles. The van der Waals surface area contributed by atoms with E-state index in [2.05, 4.69) is 5.32 Å². The number of anilines is 1. The molecule has 2 saturated carbocycles. The normalized spacial score (nSPS) is 16.9. The predicted molar refractivity (Wildman–Crippen MR) is 187 cm³/mol. The summed E-state index contributed by atoms with van der Waals surface area (Å²) in [5.74, 6) is 1.18. The molecule has 254 valence electrons. The number of rotatable bonds is 10. The Morgan fingerprint density at radius 3 is 2.36 bits per heavy atom.